The Morgan fingerprint density at radius 1 is 1.38 bits per heavy atom. The third-order valence-corrected chi connectivity index (χ3v) is 4.41. The molecule has 0 fully saturated rings. The van der Waals surface area contributed by atoms with Crippen molar-refractivity contribution in [1.82, 2.24) is 10.3 Å². The minimum absolute atomic E-state index is 0.0828. The van der Waals surface area contributed by atoms with Gasteiger partial charge in [0.05, 0.1) is 11.6 Å². The first-order chi connectivity index (χ1) is 11.4. The van der Waals surface area contributed by atoms with Gasteiger partial charge in [0.15, 0.2) is 0 Å². The molecule has 24 heavy (non-hydrogen) atoms. The highest BCUT2D eigenvalue weighted by Gasteiger charge is 2.14. The van der Waals surface area contributed by atoms with E-state index in [2.05, 4.69) is 37.1 Å². The SMILES string of the molecule is CC(C)(C)c1cccc(OCCNC(=O)c2csc(CCN)n2)c1. The molecule has 2 aromatic rings. The smallest absolute Gasteiger partial charge is 0.270 e. The molecule has 0 bridgehead atoms. The number of benzene rings is 1. The van der Waals surface area contributed by atoms with E-state index in [9.17, 15) is 4.79 Å². The van der Waals surface area contributed by atoms with Gasteiger partial charge in [-0.25, -0.2) is 4.98 Å². The molecule has 0 radical (unpaired) electrons. The number of nitrogens with two attached hydrogens (primary N) is 1. The fraction of sp³-hybridized carbons (Fsp3) is 0.444. The first kappa shape index (κ1) is 18.4. The highest BCUT2D eigenvalue weighted by Crippen LogP contribution is 2.25. The maximum Gasteiger partial charge on any atom is 0.270 e. The van der Waals surface area contributed by atoms with Gasteiger partial charge in [0.1, 0.15) is 18.1 Å². The Morgan fingerprint density at radius 2 is 2.17 bits per heavy atom. The van der Waals surface area contributed by atoms with E-state index in [1.54, 1.807) is 5.38 Å². The van der Waals surface area contributed by atoms with Crippen LogP contribution in [0, 0.1) is 0 Å². The minimum atomic E-state index is -0.179. The average molecular weight is 347 g/mol. The molecule has 0 atom stereocenters. The lowest BCUT2D eigenvalue weighted by Crippen LogP contribution is -2.28. The Bertz CT molecular complexity index is 677. The molecule has 1 aromatic heterocycles. The first-order valence-electron chi connectivity index (χ1n) is 8.06. The van der Waals surface area contributed by atoms with E-state index in [-0.39, 0.29) is 11.3 Å². The van der Waals surface area contributed by atoms with Gasteiger partial charge < -0.3 is 15.8 Å². The highest BCUT2D eigenvalue weighted by atomic mass is 32.1. The average Bonchev–Trinajstić information content (AvgIpc) is 3.00. The van der Waals surface area contributed by atoms with Gasteiger partial charge in [-0.2, -0.15) is 0 Å². The van der Waals surface area contributed by atoms with Gasteiger partial charge in [0, 0.05) is 11.8 Å². The quantitative estimate of drug-likeness (QED) is 0.755. The summed E-state index contributed by atoms with van der Waals surface area (Å²) in [7, 11) is 0. The van der Waals surface area contributed by atoms with Crippen LogP contribution in [0.1, 0.15) is 41.8 Å². The molecule has 3 N–H and O–H groups in total. The van der Waals surface area contributed by atoms with Gasteiger partial charge in [0.25, 0.3) is 5.91 Å². The van der Waals surface area contributed by atoms with E-state index in [1.165, 1.54) is 16.9 Å². The Labute approximate surface area is 147 Å². The van der Waals surface area contributed by atoms with Crippen molar-refractivity contribution in [2.75, 3.05) is 19.7 Å². The monoisotopic (exact) mass is 347 g/mol. The second-order valence-corrected chi connectivity index (χ2v) is 7.49. The molecular weight excluding hydrogens is 322 g/mol. The van der Waals surface area contributed by atoms with E-state index in [0.29, 0.717) is 31.8 Å². The number of ether oxygens (including phenoxy) is 1. The van der Waals surface area contributed by atoms with Crippen molar-refractivity contribution in [1.29, 1.82) is 0 Å². The Kier molecular flexibility index (Phi) is 6.34. The third-order valence-electron chi connectivity index (χ3n) is 3.50. The Balaban J connectivity index is 1.79. The van der Waals surface area contributed by atoms with E-state index in [1.807, 2.05) is 18.2 Å². The zero-order chi connectivity index (χ0) is 17.6. The number of amides is 1. The van der Waals surface area contributed by atoms with E-state index < -0.39 is 0 Å². The number of rotatable bonds is 7. The van der Waals surface area contributed by atoms with Crippen molar-refractivity contribution in [2.45, 2.75) is 32.6 Å². The Morgan fingerprint density at radius 3 is 2.88 bits per heavy atom. The molecule has 2 rings (SSSR count). The van der Waals surface area contributed by atoms with Gasteiger partial charge in [-0.05, 0) is 29.7 Å². The van der Waals surface area contributed by atoms with Gasteiger partial charge in [-0.15, -0.1) is 11.3 Å². The van der Waals surface area contributed by atoms with E-state index in [4.69, 9.17) is 10.5 Å². The highest BCUT2D eigenvalue weighted by molar-refractivity contribution is 7.09. The molecule has 6 heteroatoms. The van der Waals surface area contributed by atoms with Crippen LogP contribution >= 0.6 is 11.3 Å². The third kappa shape index (κ3) is 5.32. The molecule has 1 aromatic carbocycles. The van der Waals surface area contributed by atoms with Crippen LogP contribution in [0.3, 0.4) is 0 Å². The summed E-state index contributed by atoms with van der Waals surface area (Å²) in [5.74, 6) is 0.636. The van der Waals surface area contributed by atoms with Crippen LogP contribution in [0.2, 0.25) is 0 Å². The van der Waals surface area contributed by atoms with Crippen molar-refractivity contribution < 1.29 is 9.53 Å². The van der Waals surface area contributed by atoms with Crippen LogP contribution in [-0.2, 0) is 11.8 Å². The summed E-state index contributed by atoms with van der Waals surface area (Å²) in [6.45, 7) is 7.88. The van der Waals surface area contributed by atoms with Crippen LogP contribution in [0.25, 0.3) is 0 Å². The second-order valence-electron chi connectivity index (χ2n) is 6.55. The van der Waals surface area contributed by atoms with Crippen molar-refractivity contribution in [2.24, 2.45) is 5.73 Å². The number of carbonyl (C=O) groups is 1. The fourth-order valence-corrected chi connectivity index (χ4v) is 2.92. The molecule has 0 aliphatic heterocycles. The van der Waals surface area contributed by atoms with Crippen LogP contribution in [0.15, 0.2) is 29.6 Å². The van der Waals surface area contributed by atoms with Crippen molar-refractivity contribution >= 4 is 17.2 Å². The van der Waals surface area contributed by atoms with Crippen LogP contribution in [0.4, 0.5) is 0 Å². The summed E-state index contributed by atoms with van der Waals surface area (Å²) < 4.78 is 5.72. The molecule has 130 valence electrons. The summed E-state index contributed by atoms with van der Waals surface area (Å²) in [6, 6.07) is 8.05. The number of nitrogens with one attached hydrogen (secondary N) is 1. The summed E-state index contributed by atoms with van der Waals surface area (Å²) in [5, 5.41) is 5.46. The minimum Gasteiger partial charge on any atom is -0.492 e. The number of aromatic nitrogens is 1. The molecule has 0 saturated carbocycles. The lowest BCUT2D eigenvalue weighted by atomic mass is 9.87. The maximum absolute atomic E-state index is 12.0. The van der Waals surface area contributed by atoms with Crippen molar-refractivity contribution in [3.8, 4) is 5.75 Å². The van der Waals surface area contributed by atoms with E-state index >= 15 is 0 Å². The standard InChI is InChI=1S/C18H25N3O2S/c1-18(2,3)13-5-4-6-14(11-13)23-10-9-20-17(22)15-12-24-16(21-15)7-8-19/h4-6,11-12H,7-10,19H2,1-3H3,(H,20,22). The zero-order valence-corrected chi connectivity index (χ0v) is 15.3. The molecule has 5 nitrogen and oxygen atoms in total. The number of thiazole rings is 1. The van der Waals surface area contributed by atoms with Crippen LogP contribution in [-0.4, -0.2) is 30.6 Å². The van der Waals surface area contributed by atoms with Gasteiger partial charge >= 0.3 is 0 Å². The maximum atomic E-state index is 12.0. The summed E-state index contributed by atoms with van der Waals surface area (Å²) >= 11 is 1.46. The predicted molar refractivity (Wildman–Crippen MR) is 97.8 cm³/mol. The molecule has 1 amide bonds. The number of carbonyl (C=O) groups excluding carboxylic acids is 1. The summed E-state index contributed by atoms with van der Waals surface area (Å²) in [4.78, 5) is 16.3. The summed E-state index contributed by atoms with van der Waals surface area (Å²) in [6.07, 6.45) is 0.700. The number of hydrogen-bond acceptors (Lipinski definition) is 5. The molecule has 0 aliphatic rings. The lowest BCUT2D eigenvalue weighted by Gasteiger charge is -2.19. The fourth-order valence-electron chi connectivity index (χ4n) is 2.13. The van der Waals surface area contributed by atoms with Crippen molar-refractivity contribution in [3.63, 3.8) is 0 Å². The number of nitrogens with zero attached hydrogens (tertiary/aromatic N) is 1. The van der Waals surface area contributed by atoms with Crippen LogP contribution in [0.5, 0.6) is 5.75 Å². The molecular formula is C18H25N3O2S. The normalized spacial score (nSPS) is 11.3. The zero-order valence-electron chi connectivity index (χ0n) is 14.5. The predicted octanol–water partition coefficient (Wildman–Crippen LogP) is 2.75. The molecule has 0 saturated heterocycles. The van der Waals surface area contributed by atoms with Gasteiger partial charge in [-0.1, -0.05) is 32.9 Å². The topological polar surface area (TPSA) is 77.2 Å². The van der Waals surface area contributed by atoms with Crippen molar-refractivity contribution in [3.05, 3.63) is 45.9 Å². The molecule has 0 aliphatic carbocycles. The number of hydrogen-bond donors (Lipinski definition) is 2. The Hall–Kier alpha value is -1.92. The van der Waals surface area contributed by atoms with Gasteiger partial charge in [0.2, 0.25) is 0 Å². The lowest BCUT2D eigenvalue weighted by molar-refractivity contribution is 0.0942. The summed E-state index contributed by atoms with van der Waals surface area (Å²) in [5.41, 5.74) is 7.23. The molecule has 0 spiro atoms. The molecule has 0 unspecified atom stereocenters. The largest absolute Gasteiger partial charge is 0.492 e. The van der Waals surface area contributed by atoms with Gasteiger partial charge in [-0.3, -0.25) is 4.79 Å². The first-order valence-corrected chi connectivity index (χ1v) is 8.94. The molecule has 1 heterocycles. The van der Waals surface area contributed by atoms with E-state index in [0.717, 1.165) is 10.8 Å². The van der Waals surface area contributed by atoms with Crippen LogP contribution < -0.4 is 15.8 Å². The second kappa shape index (κ2) is 8.26.